The maximum Gasteiger partial charge on any atom is 0.0577 e. The number of nitrogens with zero attached hydrogens (tertiary/aromatic N) is 2. The molecular weight excluding hydrogens is 274 g/mol. The Kier molecular flexibility index (Phi) is 4.71. The first kappa shape index (κ1) is 15.4. The molecule has 1 saturated heterocycles. The third kappa shape index (κ3) is 3.00. The molecule has 4 nitrogen and oxygen atoms in total. The van der Waals surface area contributed by atoms with Crippen LogP contribution in [-0.4, -0.2) is 40.9 Å². The lowest BCUT2D eigenvalue weighted by molar-refractivity contribution is 0.127. The van der Waals surface area contributed by atoms with Crippen LogP contribution in [0.4, 0.5) is 0 Å². The third-order valence-corrected chi connectivity index (χ3v) is 4.81. The lowest BCUT2D eigenvalue weighted by atomic mass is 9.84. The Balaban J connectivity index is 1.84. The summed E-state index contributed by atoms with van der Waals surface area (Å²) in [6, 6.07) is 6.51. The van der Waals surface area contributed by atoms with Crippen LogP contribution in [0.3, 0.4) is 0 Å². The molecule has 1 aliphatic rings. The van der Waals surface area contributed by atoms with E-state index in [2.05, 4.69) is 35.0 Å². The van der Waals surface area contributed by atoms with E-state index in [4.69, 9.17) is 10.8 Å². The third-order valence-electron chi connectivity index (χ3n) is 4.81. The van der Waals surface area contributed by atoms with Gasteiger partial charge in [-0.25, -0.2) is 0 Å². The fourth-order valence-corrected chi connectivity index (χ4v) is 3.67. The molecule has 2 aromatic rings. The normalized spacial score (nSPS) is 23.0. The number of aromatic nitrogens is 1. The van der Waals surface area contributed by atoms with Gasteiger partial charge in [0.15, 0.2) is 0 Å². The zero-order valence-corrected chi connectivity index (χ0v) is 13.2. The lowest BCUT2D eigenvalue weighted by Gasteiger charge is -2.38. The molecule has 1 fully saturated rings. The van der Waals surface area contributed by atoms with Crippen LogP contribution in [0.2, 0.25) is 0 Å². The van der Waals surface area contributed by atoms with Gasteiger partial charge in [0.05, 0.1) is 6.17 Å². The van der Waals surface area contributed by atoms with Crippen LogP contribution < -0.4 is 5.73 Å². The Morgan fingerprint density at radius 3 is 3.00 bits per heavy atom. The van der Waals surface area contributed by atoms with E-state index in [1.54, 1.807) is 0 Å². The van der Waals surface area contributed by atoms with E-state index in [0.29, 0.717) is 5.92 Å². The number of aliphatic hydroxyl groups excluding tert-OH is 1. The molecule has 2 heterocycles. The number of nitrogens with two attached hydrogens (primary N) is 1. The molecule has 0 saturated carbocycles. The number of likely N-dealkylation sites (tertiary alicyclic amines) is 1. The van der Waals surface area contributed by atoms with Gasteiger partial charge in [-0.05, 0) is 48.6 Å². The molecule has 1 aliphatic heterocycles. The van der Waals surface area contributed by atoms with Gasteiger partial charge >= 0.3 is 0 Å². The molecular formula is C18H25N3O. The molecule has 3 rings (SSSR count). The second-order valence-corrected chi connectivity index (χ2v) is 6.30. The van der Waals surface area contributed by atoms with Gasteiger partial charge in [0.2, 0.25) is 0 Å². The first-order valence-electron chi connectivity index (χ1n) is 8.14. The Hall–Kier alpha value is -1.49. The predicted molar refractivity (Wildman–Crippen MR) is 89.7 cm³/mol. The molecule has 3 N–H and O–H groups in total. The molecule has 0 radical (unpaired) electrons. The molecule has 4 heteroatoms. The summed E-state index contributed by atoms with van der Waals surface area (Å²) in [5.41, 5.74) is 9.01. The van der Waals surface area contributed by atoms with Crippen molar-refractivity contribution in [1.29, 1.82) is 0 Å². The molecule has 118 valence electrons. The van der Waals surface area contributed by atoms with E-state index >= 15 is 0 Å². The molecule has 2 atom stereocenters. The molecule has 0 bridgehead atoms. The van der Waals surface area contributed by atoms with Crippen molar-refractivity contribution in [3.63, 3.8) is 0 Å². The summed E-state index contributed by atoms with van der Waals surface area (Å²) in [4.78, 5) is 6.60. The average Bonchev–Trinajstić information content (AvgIpc) is 2.53. The van der Waals surface area contributed by atoms with Crippen LogP contribution in [0.25, 0.3) is 10.8 Å². The van der Waals surface area contributed by atoms with Crippen molar-refractivity contribution in [2.45, 2.75) is 38.3 Å². The van der Waals surface area contributed by atoms with Crippen LogP contribution in [0.1, 0.15) is 36.3 Å². The van der Waals surface area contributed by atoms with E-state index in [9.17, 15) is 0 Å². The quantitative estimate of drug-likeness (QED) is 0.910. The predicted octanol–water partition coefficient (Wildman–Crippen LogP) is 2.39. The highest BCUT2D eigenvalue weighted by Crippen LogP contribution is 2.35. The van der Waals surface area contributed by atoms with Crippen LogP contribution in [0.5, 0.6) is 0 Å². The van der Waals surface area contributed by atoms with Crippen molar-refractivity contribution in [2.24, 2.45) is 5.73 Å². The highest BCUT2D eigenvalue weighted by atomic mass is 16.3. The smallest absolute Gasteiger partial charge is 0.0577 e. The Labute approximate surface area is 132 Å². The van der Waals surface area contributed by atoms with Crippen LogP contribution >= 0.6 is 0 Å². The number of hydrogen-bond donors (Lipinski definition) is 2. The van der Waals surface area contributed by atoms with Gasteiger partial charge in [-0.2, -0.15) is 0 Å². The van der Waals surface area contributed by atoms with Gasteiger partial charge in [0, 0.05) is 37.5 Å². The van der Waals surface area contributed by atoms with Gasteiger partial charge in [0.1, 0.15) is 0 Å². The van der Waals surface area contributed by atoms with E-state index in [1.807, 2.05) is 12.4 Å². The first-order chi connectivity index (χ1) is 10.7. The lowest BCUT2D eigenvalue weighted by Crippen LogP contribution is -2.47. The maximum atomic E-state index is 8.99. The monoisotopic (exact) mass is 299 g/mol. The van der Waals surface area contributed by atoms with E-state index in [0.717, 1.165) is 32.4 Å². The molecule has 1 aromatic carbocycles. The van der Waals surface area contributed by atoms with Crippen molar-refractivity contribution in [1.82, 2.24) is 9.88 Å². The minimum Gasteiger partial charge on any atom is -0.396 e. The van der Waals surface area contributed by atoms with Crippen molar-refractivity contribution in [2.75, 3.05) is 19.7 Å². The number of hydrogen-bond acceptors (Lipinski definition) is 4. The summed E-state index contributed by atoms with van der Waals surface area (Å²) in [6.07, 6.45) is 6.89. The fraction of sp³-hybridized carbons (Fsp3) is 0.500. The van der Waals surface area contributed by atoms with Crippen molar-refractivity contribution in [3.05, 3.63) is 41.7 Å². The van der Waals surface area contributed by atoms with Gasteiger partial charge < -0.3 is 10.8 Å². The van der Waals surface area contributed by atoms with E-state index in [-0.39, 0.29) is 12.8 Å². The van der Waals surface area contributed by atoms with Crippen molar-refractivity contribution < 1.29 is 5.11 Å². The van der Waals surface area contributed by atoms with Crippen LogP contribution in [0, 0.1) is 6.92 Å². The number of piperidine rings is 1. The standard InChI is InChI=1S/C18H25N3O/c1-13-11-20-12-15-4-2-5-16(18(13)15)14-6-8-21(7-3-9-22)17(19)10-14/h2,4-5,11-12,14,17,22H,3,6-10,19H2,1H3. The molecule has 22 heavy (non-hydrogen) atoms. The summed E-state index contributed by atoms with van der Waals surface area (Å²) in [6.45, 7) is 4.27. The summed E-state index contributed by atoms with van der Waals surface area (Å²) < 4.78 is 0. The van der Waals surface area contributed by atoms with Gasteiger partial charge in [-0.1, -0.05) is 18.2 Å². The number of rotatable bonds is 4. The Morgan fingerprint density at radius 2 is 2.23 bits per heavy atom. The number of fused-ring (bicyclic) bond motifs is 1. The molecule has 0 spiro atoms. The highest BCUT2D eigenvalue weighted by molar-refractivity contribution is 5.88. The first-order valence-corrected chi connectivity index (χ1v) is 8.14. The van der Waals surface area contributed by atoms with Gasteiger partial charge in [0.25, 0.3) is 0 Å². The zero-order valence-electron chi connectivity index (χ0n) is 13.2. The molecule has 0 aliphatic carbocycles. The summed E-state index contributed by atoms with van der Waals surface area (Å²) in [7, 11) is 0. The fourth-order valence-electron chi connectivity index (χ4n) is 3.67. The van der Waals surface area contributed by atoms with Crippen LogP contribution in [-0.2, 0) is 0 Å². The summed E-state index contributed by atoms with van der Waals surface area (Å²) >= 11 is 0. The van der Waals surface area contributed by atoms with Crippen molar-refractivity contribution in [3.8, 4) is 0 Å². The second-order valence-electron chi connectivity index (χ2n) is 6.30. The van der Waals surface area contributed by atoms with E-state index in [1.165, 1.54) is 21.9 Å². The summed E-state index contributed by atoms with van der Waals surface area (Å²) in [5, 5.41) is 11.6. The largest absolute Gasteiger partial charge is 0.396 e. The second kappa shape index (κ2) is 6.73. The van der Waals surface area contributed by atoms with Gasteiger partial charge in [-0.15, -0.1) is 0 Å². The molecule has 2 unspecified atom stereocenters. The van der Waals surface area contributed by atoms with Crippen LogP contribution in [0.15, 0.2) is 30.6 Å². The zero-order chi connectivity index (χ0) is 15.5. The molecule has 0 amide bonds. The highest BCUT2D eigenvalue weighted by Gasteiger charge is 2.27. The number of pyridine rings is 1. The van der Waals surface area contributed by atoms with Gasteiger partial charge in [-0.3, -0.25) is 9.88 Å². The Morgan fingerprint density at radius 1 is 1.36 bits per heavy atom. The number of aryl methyl sites for hydroxylation is 1. The average molecular weight is 299 g/mol. The molecule has 1 aromatic heterocycles. The minimum atomic E-state index is 0.0858. The topological polar surface area (TPSA) is 62.4 Å². The minimum absolute atomic E-state index is 0.0858. The summed E-state index contributed by atoms with van der Waals surface area (Å²) in [5.74, 6) is 0.505. The maximum absolute atomic E-state index is 8.99. The number of aliphatic hydroxyl groups is 1. The number of benzene rings is 1. The Bertz CT molecular complexity index is 638. The van der Waals surface area contributed by atoms with Crippen molar-refractivity contribution >= 4 is 10.8 Å². The SMILES string of the molecule is Cc1cncc2cccc(C3CCN(CCCO)C(N)C3)c12. The van der Waals surface area contributed by atoms with E-state index < -0.39 is 0 Å².